The van der Waals surface area contributed by atoms with Crippen LogP contribution in [0.15, 0.2) is 9.85 Å². The molecule has 1 rings (SSSR count). The normalized spacial score (nSPS) is 14.9. The van der Waals surface area contributed by atoms with E-state index in [2.05, 4.69) is 42.0 Å². The topological polar surface area (TPSA) is 12.0 Å². The smallest absolute Gasteiger partial charge is 0.312 e. The predicted octanol–water partition coefficient (Wildman–Crippen LogP) is 5.23. The highest BCUT2D eigenvalue weighted by atomic mass is 79.9. The molecule has 18 heavy (non-hydrogen) atoms. The summed E-state index contributed by atoms with van der Waals surface area (Å²) in [5.41, 5.74) is -0.535. The molecular formula is C12H17BrF3NS. The Morgan fingerprint density at radius 3 is 2.22 bits per heavy atom. The minimum Gasteiger partial charge on any atom is -0.312 e. The average Bonchev–Trinajstić information content (AvgIpc) is 2.54. The van der Waals surface area contributed by atoms with E-state index in [9.17, 15) is 13.2 Å². The van der Waals surface area contributed by atoms with E-state index in [0.29, 0.717) is 4.88 Å². The zero-order chi connectivity index (χ0) is 14.1. The summed E-state index contributed by atoms with van der Waals surface area (Å²) >= 11 is 4.23. The van der Waals surface area contributed by atoms with Crippen molar-refractivity contribution in [3.8, 4) is 0 Å². The molecule has 6 heteroatoms. The average molecular weight is 344 g/mol. The molecule has 0 saturated carbocycles. The molecule has 0 spiro atoms. The fourth-order valence-corrected chi connectivity index (χ4v) is 3.85. The van der Waals surface area contributed by atoms with Crippen LogP contribution in [0.2, 0.25) is 0 Å². The van der Waals surface area contributed by atoms with Crippen molar-refractivity contribution in [3.05, 3.63) is 20.3 Å². The van der Waals surface area contributed by atoms with Gasteiger partial charge >= 0.3 is 6.18 Å². The molecule has 0 saturated heterocycles. The van der Waals surface area contributed by atoms with E-state index >= 15 is 0 Å². The quantitative estimate of drug-likeness (QED) is 0.792. The van der Waals surface area contributed by atoms with Gasteiger partial charge in [-0.15, -0.1) is 11.3 Å². The van der Waals surface area contributed by atoms with Gasteiger partial charge in [-0.25, -0.2) is 0 Å². The lowest BCUT2D eigenvalue weighted by Crippen LogP contribution is -2.22. The van der Waals surface area contributed by atoms with Gasteiger partial charge in [0.05, 0.1) is 5.56 Å². The fraction of sp³-hybridized carbons (Fsp3) is 0.667. The Hall–Kier alpha value is -0.0700. The second kappa shape index (κ2) is 5.51. The number of hydrogen-bond donors (Lipinski definition) is 1. The Bertz CT molecular complexity index is 406. The third kappa shape index (κ3) is 3.96. The number of thiophene rings is 1. The zero-order valence-corrected chi connectivity index (χ0v) is 13.2. The third-order valence-corrected chi connectivity index (χ3v) is 4.76. The number of nitrogens with one attached hydrogen (secondary N) is 1. The van der Waals surface area contributed by atoms with E-state index in [0.717, 1.165) is 17.8 Å². The Labute approximate surface area is 118 Å². The van der Waals surface area contributed by atoms with E-state index in [1.54, 1.807) is 7.05 Å². The van der Waals surface area contributed by atoms with Gasteiger partial charge in [0.25, 0.3) is 0 Å². The molecule has 0 aliphatic carbocycles. The lowest BCUT2D eigenvalue weighted by atomic mass is 9.87. The molecule has 0 aromatic carbocycles. The van der Waals surface area contributed by atoms with E-state index in [-0.39, 0.29) is 15.9 Å². The van der Waals surface area contributed by atoms with Crippen molar-refractivity contribution >= 4 is 27.3 Å². The van der Waals surface area contributed by atoms with Gasteiger partial charge in [-0.1, -0.05) is 20.8 Å². The Kier molecular flexibility index (Phi) is 4.89. The summed E-state index contributed by atoms with van der Waals surface area (Å²) < 4.78 is 38.3. The van der Waals surface area contributed by atoms with Gasteiger partial charge in [0.15, 0.2) is 0 Å². The van der Waals surface area contributed by atoms with Crippen LogP contribution in [0.5, 0.6) is 0 Å². The van der Waals surface area contributed by atoms with Crippen molar-refractivity contribution in [2.45, 2.75) is 39.4 Å². The second-order valence-corrected chi connectivity index (χ2v) is 7.14. The van der Waals surface area contributed by atoms with Gasteiger partial charge in [-0.2, -0.15) is 13.2 Å². The minimum absolute atomic E-state index is 0.0511. The lowest BCUT2D eigenvalue weighted by Gasteiger charge is -2.25. The predicted molar refractivity (Wildman–Crippen MR) is 72.9 cm³/mol. The number of halogens is 4. The second-order valence-electron chi connectivity index (χ2n) is 5.43. The van der Waals surface area contributed by atoms with Crippen molar-refractivity contribution < 1.29 is 13.2 Å². The Morgan fingerprint density at radius 1 is 1.33 bits per heavy atom. The van der Waals surface area contributed by atoms with Crippen molar-refractivity contribution in [3.63, 3.8) is 0 Å². The summed E-state index contributed by atoms with van der Waals surface area (Å²) in [5, 5.41) is 4.27. The van der Waals surface area contributed by atoms with Crippen LogP contribution in [0.1, 0.15) is 43.7 Å². The molecule has 1 aromatic heterocycles. The van der Waals surface area contributed by atoms with Gasteiger partial charge < -0.3 is 5.32 Å². The van der Waals surface area contributed by atoms with Gasteiger partial charge in [-0.05, 0) is 34.8 Å². The van der Waals surface area contributed by atoms with Gasteiger partial charge in [0.1, 0.15) is 0 Å². The summed E-state index contributed by atoms with van der Waals surface area (Å²) in [4.78, 5) is 0.708. The maximum absolute atomic E-state index is 12.7. The molecule has 0 aliphatic rings. The minimum atomic E-state index is -4.30. The molecule has 1 nitrogen and oxygen atoms in total. The Balaban J connectivity index is 3.06. The molecule has 1 atom stereocenters. The SMILES string of the molecule is CNC(CC(C)(C)C)c1scc(C(F)(F)F)c1Br. The summed E-state index contributed by atoms with van der Waals surface area (Å²) in [6.07, 6.45) is -3.52. The van der Waals surface area contributed by atoms with Crippen LogP contribution in [0.25, 0.3) is 0 Å². The molecule has 104 valence electrons. The van der Waals surface area contributed by atoms with Crippen LogP contribution in [-0.2, 0) is 6.18 Å². The number of rotatable bonds is 3. The summed E-state index contributed by atoms with van der Waals surface area (Å²) in [5.74, 6) is 0. The molecule has 1 heterocycles. The molecular weight excluding hydrogens is 327 g/mol. The standard InChI is InChI=1S/C12H17BrF3NS/c1-11(2,3)5-8(17-4)10-9(13)7(6-18-10)12(14,15)16/h6,8,17H,5H2,1-4H3. The van der Waals surface area contributed by atoms with E-state index in [1.807, 2.05) is 0 Å². The summed E-state index contributed by atoms with van der Waals surface area (Å²) in [6, 6.07) is -0.0690. The van der Waals surface area contributed by atoms with Crippen LogP contribution in [0, 0.1) is 5.41 Å². The summed E-state index contributed by atoms with van der Waals surface area (Å²) in [7, 11) is 1.77. The number of alkyl halides is 3. The third-order valence-electron chi connectivity index (χ3n) is 2.54. The largest absolute Gasteiger partial charge is 0.418 e. The molecule has 0 amide bonds. The van der Waals surface area contributed by atoms with Crippen LogP contribution < -0.4 is 5.32 Å². The highest BCUT2D eigenvalue weighted by molar-refractivity contribution is 9.10. The summed E-state index contributed by atoms with van der Waals surface area (Å²) in [6.45, 7) is 6.22. The Morgan fingerprint density at radius 2 is 1.89 bits per heavy atom. The van der Waals surface area contributed by atoms with E-state index < -0.39 is 11.7 Å². The van der Waals surface area contributed by atoms with Gasteiger partial charge in [-0.3, -0.25) is 0 Å². The fourth-order valence-electron chi connectivity index (χ4n) is 1.72. The van der Waals surface area contributed by atoms with Crippen molar-refractivity contribution in [1.82, 2.24) is 5.32 Å². The molecule has 1 unspecified atom stereocenters. The first-order valence-corrected chi connectivity index (χ1v) is 7.25. The van der Waals surface area contributed by atoms with Crippen molar-refractivity contribution in [1.29, 1.82) is 0 Å². The monoisotopic (exact) mass is 343 g/mol. The highest BCUT2D eigenvalue weighted by Crippen LogP contribution is 2.44. The zero-order valence-electron chi connectivity index (χ0n) is 10.8. The molecule has 1 N–H and O–H groups in total. The molecule has 0 fully saturated rings. The lowest BCUT2D eigenvalue weighted by molar-refractivity contribution is -0.137. The maximum atomic E-state index is 12.7. The first-order chi connectivity index (χ1) is 8.06. The van der Waals surface area contributed by atoms with Crippen molar-refractivity contribution in [2.75, 3.05) is 7.05 Å². The number of hydrogen-bond acceptors (Lipinski definition) is 2. The van der Waals surface area contributed by atoms with E-state index in [4.69, 9.17) is 0 Å². The maximum Gasteiger partial charge on any atom is 0.418 e. The van der Waals surface area contributed by atoms with Crippen LogP contribution in [-0.4, -0.2) is 7.05 Å². The first-order valence-electron chi connectivity index (χ1n) is 5.57. The molecule has 0 aliphatic heterocycles. The van der Waals surface area contributed by atoms with Crippen LogP contribution >= 0.6 is 27.3 Å². The van der Waals surface area contributed by atoms with Gasteiger partial charge in [0, 0.05) is 20.8 Å². The highest BCUT2D eigenvalue weighted by Gasteiger charge is 2.36. The van der Waals surface area contributed by atoms with Crippen LogP contribution in [0.4, 0.5) is 13.2 Å². The first kappa shape index (κ1) is 16.0. The van der Waals surface area contributed by atoms with Crippen molar-refractivity contribution in [2.24, 2.45) is 5.41 Å². The van der Waals surface area contributed by atoms with E-state index in [1.165, 1.54) is 5.38 Å². The van der Waals surface area contributed by atoms with Crippen LogP contribution in [0.3, 0.4) is 0 Å². The van der Waals surface area contributed by atoms with Gasteiger partial charge in [0.2, 0.25) is 0 Å². The molecule has 0 radical (unpaired) electrons. The molecule has 0 bridgehead atoms. The molecule has 1 aromatic rings.